The highest BCUT2D eigenvalue weighted by Gasteiger charge is 2.13. The van der Waals surface area contributed by atoms with Gasteiger partial charge in [-0.1, -0.05) is 23.7 Å². The molecule has 6 N–H and O–H groups in total. The molecule has 0 aliphatic heterocycles. The zero-order chi connectivity index (χ0) is 20.1. The van der Waals surface area contributed by atoms with Gasteiger partial charge in [-0.3, -0.25) is 9.59 Å². The van der Waals surface area contributed by atoms with E-state index in [0.717, 1.165) is 10.9 Å². The molecule has 0 aliphatic rings. The number of urea groups is 1. The van der Waals surface area contributed by atoms with Gasteiger partial charge in [-0.05, 0) is 30.3 Å². The Labute approximate surface area is 165 Å². The van der Waals surface area contributed by atoms with Gasteiger partial charge in [-0.25, -0.2) is 4.79 Å². The fraction of sp³-hybridized carbons (Fsp3) is 0.105. The smallest absolute Gasteiger partial charge is 0.316 e. The lowest BCUT2D eigenvalue weighted by Gasteiger charge is -2.10. The van der Waals surface area contributed by atoms with Gasteiger partial charge in [-0.15, -0.1) is 0 Å². The second-order valence-corrected chi connectivity index (χ2v) is 6.35. The monoisotopic (exact) mass is 399 g/mol. The number of primary amides is 1. The van der Waals surface area contributed by atoms with Crippen LogP contribution < -0.4 is 21.7 Å². The minimum Gasteiger partial charge on any atom is -0.361 e. The number of anilines is 1. The first kappa shape index (κ1) is 19.2. The highest BCUT2D eigenvalue weighted by atomic mass is 35.5. The van der Waals surface area contributed by atoms with E-state index in [1.807, 2.05) is 18.2 Å². The second kappa shape index (κ2) is 8.45. The molecule has 144 valence electrons. The van der Waals surface area contributed by atoms with Crippen molar-refractivity contribution in [1.29, 1.82) is 0 Å². The van der Waals surface area contributed by atoms with Crippen LogP contribution in [0.15, 0.2) is 48.7 Å². The number of hydrogen-bond donors (Lipinski definition) is 5. The molecule has 2 aromatic carbocycles. The molecule has 0 aliphatic carbocycles. The molecule has 0 saturated carbocycles. The molecule has 9 heteroatoms. The number of halogens is 1. The molecule has 1 heterocycles. The fourth-order valence-electron chi connectivity index (χ4n) is 2.74. The minimum atomic E-state index is -0.742. The molecule has 0 atom stereocenters. The van der Waals surface area contributed by atoms with Gasteiger partial charge in [0, 0.05) is 30.4 Å². The third-order valence-electron chi connectivity index (χ3n) is 4.01. The van der Waals surface area contributed by atoms with Crippen LogP contribution in [0, 0.1) is 0 Å². The highest BCUT2D eigenvalue weighted by molar-refractivity contribution is 6.34. The van der Waals surface area contributed by atoms with Gasteiger partial charge < -0.3 is 26.7 Å². The molecule has 0 spiro atoms. The lowest BCUT2D eigenvalue weighted by Crippen LogP contribution is -2.35. The van der Waals surface area contributed by atoms with Crippen LogP contribution in [-0.2, 0) is 0 Å². The molecule has 0 radical (unpaired) electrons. The summed E-state index contributed by atoms with van der Waals surface area (Å²) in [6.45, 7) is 0.438. The van der Waals surface area contributed by atoms with Gasteiger partial charge in [0.1, 0.15) is 0 Å². The van der Waals surface area contributed by atoms with E-state index in [-0.39, 0.29) is 29.6 Å². The first-order chi connectivity index (χ1) is 13.5. The number of rotatable bonds is 6. The summed E-state index contributed by atoms with van der Waals surface area (Å²) in [5.41, 5.74) is 6.90. The molecule has 8 nitrogen and oxygen atoms in total. The Morgan fingerprint density at radius 2 is 1.68 bits per heavy atom. The molecule has 0 unspecified atom stereocenters. The number of carbonyl (C=O) groups excluding carboxylic acids is 3. The van der Waals surface area contributed by atoms with Crippen molar-refractivity contribution in [2.45, 2.75) is 0 Å². The summed E-state index contributed by atoms with van der Waals surface area (Å²) in [6, 6.07) is 11.0. The molecule has 28 heavy (non-hydrogen) atoms. The number of benzene rings is 2. The topological polar surface area (TPSA) is 129 Å². The van der Waals surface area contributed by atoms with Crippen molar-refractivity contribution in [3.63, 3.8) is 0 Å². The number of carbonyl (C=O) groups is 3. The number of amides is 4. The third kappa shape index (κ3) is 4.41. The van der Waals surface area contributed by atoms with E-state index in [0.29, 0.717) is 11.3 Å². The van der Waals surface area contributed by atoms with Gasteiger partial charge >= 0.3 is 6.03 Å². The van der Waals surface area contributed by atoms with Crippen molar-refractivity contribution in [2.24, 2.45) is 5.73 Å². The van der Waals surface area contributed by atoms with E-state index in [9.17, 15) is 14.4 Å². The van der Waals surface area contributed by atoms with E-state index in [1.54, 1.807) is 12.3 Å². The van der Waals surface area contributed by atoms with Crippen LogP contribution in [0.4, 0.5) is 10.5 Å². The molecule has 1 aromatic heterocycles. The second-order valence-electron chi connectivity index (χ2n) is 5.94. The molecule has 3 rings (SSSR count). The highest BCUT2D eigenvalue weighted by Crippen LogP contribution is 2.20. The van der Waals surface area contributed by atoms with E-state index < -0.39 is 11.9 Å². The molecule has 0 bridgehead atoms. The van der Waals surface area contributed by atoms with Gasteiger partial charge in [-0.2, -0.15) is 0 Å². The Hall–Kier alpha value is -3.52. The fourth-order valence-corrected chi connectivity index (χ4v) is 2.94. The van der Waals surface area contributed by atoms with E-state index in [1.165, 1.54) is 18.2 Å². The van der Waals surface area contributed by atoms with Gasteiger partial charge in [0.2, 0.25) is 0 Å². The lowest BCUT2D eigenvalue weighted by atomic mass is 10.1. The van der Waals surface area contributed by atoms with Crippen molar-refractivity contribution in [3.8, 4) is 0 Å². The van der Waals surface area contributed by atoms with E-state index in [2.05, 4.69) is 20.9 Å². The predicted molar refractivity (Wildman–Crippen MR) is 108 cm³/mol. The summed E-state index contributed by atoms with van der Waals surface area (Å²) in [5, 5.41) is 8.99. The molecule has 3 aromatic rings. The Bertz CT molecular complexity index is 1050. The van der Waals surface area contributed by atoms with Crippen molar-refractivity contribution in [2.75, 3.05) is 18.4 Å². The van der Waals surface area contributed by atoms with Crippen LogP contribution in [0.2, 0.25) is 5.02 Å². The standard InChI is InChI=1S/C19H18ClN5O3/c20-15-5-4-12(25-19(21)28)10-14(15)18(27)24-9-8-23-17(26)13-3-1-2-11-6-7-22-16(11)13/h1-7,10,22H,8-9H2,(H,23,26)(H,24,27)(H3,21,25,28). The maximum atomic E-state index is 12.4. The predicted octanol–water partition coefficient (Wildman–Crippen LogP) is 2.47. The number of aromatic amines is 1. The number of H-pyrrole nitrogens is 1. The Morgan fingerprint density at radius 1 is 0.964 bits per heavy atom. The van der Waals surface area contributed by atoms with Crippen LogP contribution in [0.1, 0.15) is 20.7 Å². The Kier molecular flexibility index (Phi) is 5.81. The number of para-hydroxylation sites is 1. The summed E-state index contributed by atoms with van der Waals surface area (Å²) < 4.78 is 0. The summed E-state index contributed by atoms with van der Waals surface area (Å²) in [5.74, 6) is -0.674. The van der Waals surface area contributed by atoms with Crippen LogP contribution in [-0.4, -0.2) is 35.9 Å². The average Bonchev–Trinajstić information content (AvgIpc) is 3.14. The zero-order valence-corrected chi connectivity index (χ0v) is 15.5. The van der Waals surface area contributed by atoms with E-state index >= 15 is 0 Å². The van der Waals surface area contributed by atoms with Crippen LogP contribution >= 0.6 is 11.6 Å². The summed E-state index contributed by atoms with van der Waals surface area (Å²) in [4.78, 5) is 38.6. The Morgan fingerprint density at radius 3 is 2.39 bits per heavy atom. The minimum absolute atomic E-state index is 0.190. The van der Waals surface area contributed by atoms with Crippen molar-refractivity contribution in [1.82, 2.24) is 15.6 Å². The van der Waals surface area contributed by atoms with Gasteiger partial charge in [0.05, 0.1) is 21.7 Å². The number of hydrogen-bond acceptors (Lipinski definition) is 3. The third-order valence-corrected chi connectivity index (χ3v) is 4.34. The first-order valence-electron chi connectivity index (χ1n) is 8.44. The van der Waals surface area contributed by atoms with Crippen LogP contribution in [0.3, 0.4) is 0 Å². The van der Waals surface area contributed by atoms with E-state index in [4.69, 9.17) is 17.3 Å². The molecule has 4 amide bonds. The maximum absolute atomic E-state index is 12.4. The maximum Gasteiger partial charge on any atom is 0.316 e. The van der Waals surface area contributed by atoms with Crippen LogP contribution in [0.25, 0.3) is 10.9 Å². The zero-order valence-electron chi connectivity index (χ0n) is 14.7. The molecular weight excluding hydrogens is 382 g/mol. The van der Waals surface area contributed by atoms with Crippen molar-refractivity contribution in [3.05, 3.63) is 64.8 Å². The molecular formula is C19H18ClN5O3. The molecule has 0 saturated heterocycles. The number of fused-ring (bicyclic) bond motifs is 1. The van der Waals surface area contributed by atoms with Gasteiger partial charge in [0.25, 0.3) is 11.8 Å². The quantitative estimate of drug-likeness (QED) is 0.408. The van der Waals surface area contributed by atoms with Crippen molar-refractivity contribution >= 4 is 46.0 Å². The normalized spacial score (nSPS) is 10.5. The average molecular weight is 400 g/mol. The van der Waals surface area contributed by atoms with Crippen molar-refractivity contribution < 1.29 is 14.4 Å². The lowest BCUT2D eigenvalue weighted by molar-refractivity contribution is 0.0928. The SMILES string of the molecule is NC(=O)Nc1ccc(Cl)c(C(=O)NCCNC(=O)c2cccc3cc[nH]c23)c1. The number of aromatic nitrogens is 1. The first-order valence-corrected chi connectivity index (χ1v) is 8.82. The van der Waals surface area contributed by atoms with Gasteiger partial charge in [0.15, 0.2) is 0 Å². The molecule has 0 fully saturated rings. The largest absolute Gasteiger partial charge is 0.361 e. The summed E-state index contributed by atoms with van der Waals surface area (Å²) >= 11 is 6.04. The Balaban J connectivity index is 1.55. The van der Waals surface area contributed by atoms with Crippen LogP contribution in [0.5, 0.6) is 0 Å². The summed E-state index contributed by atoms with van der Waals surface area (Å²) in [6.07, 6.45) is 1.77. The number of nitrogens with one attached hydrogen (secondary N) is 4. The number of nitrogens with two attached hydrogens (primary N) is 1. The summed E-state index contributed by atoms with van der Waals surface area (Å²) in [7, 11) is 0.